The van der Waals surface area contributed by atoms with Gasteiger partial charge in [0.2, 0.25) is 0 Å². The number of aryl methyl sites for hydroxylation is 1. The third-order valence-electron chi connectivity index (χ3n) is 4.78. The van der Waals surface area contributed by atoms with Gasteiger partial charge in [0.25, 0.3) is 0 Å². The van der Waals surface area contributed by atoms with E-state index in [0.29, 0.717) is 18.8 Å². The highest BCUT2D eigenvalue weighted by Gasteiger charge is 2.25. The maximum Gasteiger partial charge on any atom is 0.130 e. The predicted molar refractivity (Wildman–Crippen MR) is 86.2 cm³/mol. The first-order valence-corrected chi connectivity index (χ1v) is 8.39. The van der Waals surface area contributed by atoms with Crippen LogP contribution < -0.4 is 5.32 Å². The quantitative estimate of drug-likeness (QED) is 0.842. The molecule has 3 atom stereocenters. The molecule has 0 amide bonds. The normalized spacial score (nSPS) is 26.5. The van der Waals surface area contributed by atoms with Crippen LogP contribution in [0.4, 0.5) is 0 Å². The van der Waals surface area contributed by atoms with Gasteiger partial charge in [-0.05, 0) is 44.1 Å². The number of hydrogen-bond acceptors (Lipinski definition) is 3. The topological polar surface area (TPSA) is 34.4 Å². The van der Waals surface area contributed by atoms with E-state index >= 15 is 0 Å². The molecule has 3 unspecified atom stereocenters. The van der Waals surface area contributed by atoms with Crippen LogP contribution in [0.15, 0.2) is 10.5 Å². The van der Waals surface area contributed by atoms with Gasteiger partial charge in [-0.3, -0.25) is 0 Å². The number of rotatable bonds is 6. The van der Waals surface area contributed by atoms with E-state index in [-0.39, 0.29) is 0 Å². The fourth-order valence-corrected chi connectivity index (χ4v) is 3.00. The fourth-order valence-electron chi connectivity index (χ4n) is 3.00. The van der Waals surface area contributed by atoms with Crippen molar-refractivity contribution >= 4 is 0 Å². The minimum Gasteiger partial charge on any atom is -0.464 e. The van der Waals surface area contributed by atoms with Crippen molar-refractivity contribution in [3.05, 3.63) is 23.2 Å². The largest absolute Gasteiger partial charge is 0.464 e. The van der Waals surface area contributed by atoms with E-state index in [1.165, 1.54) is 24.8 Å². The number of nitrogens with one attached hydrogen (secondary N) is 1. The fraction of sp³-hybridized carbons (Fsp3) is 0.778. The van der Waals surface area contributed by atoms with Crippen molar-refractivity contribution < 1.29 is 9.15 Å². The van der Waals surface area contributed by atoms with Gasteiger partial charge >= 0.3 is 0 Å². The van der Waals surface area contributed by atoms with E-state index < -0.39 is 0 Å². The lowest BCUT2D eigenvalue weighted by molar-refractivity contribution is -0.0141. The zero-order valence-corrected chi connectivity index (χ0v) is 14.2. The monoisotopic (exact) mass is 293 g/mol. The van der Waals surface area contributed by atoms with Crippen molar-refractivity contribution in [3.63, 3.8) is 0 Å². The lowest BCUT2D eigenvalue weighted by Gasteiger charge is -2.31. The van der Waals surface area contributed by atoms with Crippen LogP contribution in [0.25, 0.3) is 0 Å². The van der Waals surface area contributed by atoms with Crippen LogP contribution in [0, 0.1) is 18.8 Å². The molecule has 1 aromatic heterocycles. The summed E-state index contributed by atoms with van der Waals surface area (Å²) in [5, 5.41) is 3.43. The van der Waals surface area contributed by atoms with E-state index in [4.69, 9.17) is 9.15 Å². The molecule has 0 aromatic carbocycles. The summed E-state index contributed by atoms with van der Waals surface area (Å²) in [5.74, 6) is 3.57. The second-order valence-electron chi connectivity index (χ2n) is 7.03. The Bertz CT molecular complexity index is 438. The van der Waals surface area contributed by atoms with Gasteiger partial charge in [-0.15, -0.1) is 0 Å². The second kappa shape index (κ2) is 7.46. The van der Waals surface area contributed by atoms with Crippen LogP contribution in [0.5, 0.6) is 0 Å². The van der Waals surface area contributed by atoms with Crippen LogP contribution in [-0.2, 0) is 17.9 Å². The van der Waals surface area contributed by atoms with Gasteiger partial charge in [0.1, 0.15) is 18.1 Å². The molecule has 0 radical (unpaired) electrons. The molecular formula is C18H31NO2. The Morgan fingerprint density at radius 2 is 2.05 bits per heavy atom. The third-order valence-corrected chi connectivity index (χ3v) is 4.78. The molecule has 1 aliphatic rings. The first-order chi connectivity index (χ1) is 9.95. The third kappa shape index (κ3) is 4.86. The zero-order valence-electron chi connectivity index (χ0n) is 14.2. The van der Waals surface area contributed by atoms with Gasteiger partial charge in [0.15, 0.2) is 0 Å². The van der Waals surface area contributed by atoms with Crippen LogP contribution in [-0.4, -0.2) is 12.1 Å². The first-order valence-electron chi connectivity index (χ1n) is 8.39. The van der Waals surface area contributed by atoms with Gasteiger partial charge in [-0.1, -0.05) is 27.7 Å². The summed E-state index contributed by atoms with van der Waals surface area (Å²) in [6.45, 7) is 12.5. The standard InChI is InChI=1S/C18H31NO2/c1-12(2)19-10-16-9-18(21-15(16)5)11-20-17-7-6-13(3)14(4)8-17/h9,12-14,17,19H,6-8,10-11H2,1-5H3. The Balaban J connectivity index is 1.82. The van der Waals surface area contributed by atoms with Crippen molar-refractivity contribution in [1.82, 2.24) is 5.32 Å². The Hall–Kier alpha value is -0.800. The second-order valence-corrected chi connectivity index (χ2v) is 7.03. The van der Waals surface area contributed by atoms with Crippen LogP contribution in [0.2, 0.25) is 0 Å². The van der Waals surface area contributed by atoms with Crippen molar-refractivity contribution in [2.45, 2.75) is 79.2 Å². The van der Waals surface area contributed by atoms with Crippen LogP contribution >= 0.6 is 0 Å². The Labute approximate surface area is 129 Å². The summed E-state index contributed by atoms with van der Waals surface area (Å²) >= 11 is 0. The van der Waals surface area contributed by atoms with Gasteiger partial charge in [-0.25, -0.2) is 0 Å². The number of hydrogen-bond donors (Lipinski definition) is 1. The van der Waals surface area contributed by atoms with Crippen LogP contribution in [0.3, 0.4) is 0 Å². The molecule has 1 heterocycles. The van der Waals surface area contributed by atoms with Crippen molar-refractivity contribution in [2.24, 2.45) is 11.8 Å². The number of furan rings is 1. The summed E-state index contributed by atoms with van der Waals surface area (Å²) < 4.78 is 11.9. The molecule has 1 N–H and O–H groups in total. The van der Waals surface area contributed by atoms with Gasteiger partial charge in [0, 0.05) is 18.2 Å². The molecular weight excluding hydrogens is 262 g/mol. The van der Waals surface area contributed by atoms with E-state index in [1.54, 1.807) is 0 Å². The summed E-state index contributed by atoms with van der Waals surface area (Å²) in [6.07, 6.45) is 4.06. The molecule has 21 heavy (non-hydrogen) atoms. The average molecular weight is 293 g/mol. The van der Waals surface area contributed by atoms with Gasteiger partial charge < -0.3 is 14.5 Å². The van der Waals surface area contributed by atoms with E-state index in [0.717, 1.165) is 29.9 Å². The molecule has 120 valence electrons. The molecule has 1 aliphatic carbocycles. The number of ether oxygens (including phenoxy) is 1. The van der Waals surface area contributed by atoms with Crippen molar-refractivity contribution in [3.8, 4) is 0 Å². The highest BCUT2D eigenvalue weighted by atomic mass is 16.5. The van der Waals surface area contributed by atoms with E-state index in [9.17, 15) is 0 Å². The summed E-state index contributed by atoms with van der Waals surface area (Å²) in [7, 11) is 0. The smallest absolute Gasteiger partial charge is 0.130 e. The van der Waals surface area contributed by atoms with Crippen molar-refractivity contribution in [1.29, 1.82) is 0 Å². The lowest BCUT2D eigenvalue weighted by atomic mass is 9.80. The Kier molecular flexibility index (Phi) is 5.88. The van der Waals surface area contributed by atoms with Crippen molar-refractivity contribution in [2.75, 3.05) is 0 Å². The van der Waals surface area contributed by atoms with E-state index in [2.05, 4.69) is 39.1 Å². The highest BCUT2D eigenvalue weighted by molar-refractivity contribution is 5.20. The molecule has 0 bridgehead atoms. The van der Waals surface area contributed by atoms with Gasteiger partial charge in [0.05, 0.1) is 6.10 Å². The van der Waals surface area contributed by atoms with E-state index in [1.807, 2.05) is 6.92 Å². The highest BCUT2D eigenvalue weighted by Crippen LogP contribution is 2.31. The lowest BCUT2D eigenvalue weighted by Crippen LogP contribution is -2.26. The Morgan fingerprint density at radius 1 is 1.29 bits per heavy atom. The Morgan fingerprint density at radius 3 is 2.71 bits per heavy atom. The SMILES string of the molecule is Cc1oc(COC2CCC(C)C(C)C2)cc1CNC(C)C. The van der Waals surface area contributed by atoms with Crippen LogP contribution in [0.1, 0.15) is 64.0 Å². The predicted octanol–water partition coefficient (Wildman–Crippen LogP) is 4.43. The maximum atomic E-state index is 6.07. The molecule has 0 saturated heterocycles. The molecule has 1 aromatic rings. The minimum atomic E-state index is 0.402. The maximum absolute atomic E-state index is 6.07. The summed E-state index contributed by atoms with van der Waals surface area (Å²) in [5.41, 5.74) is 1.24. The molecule has 1 fully saturated rings. The zero-order chi connectivity index (χ0) is 15.4. The molecule has 3 heteroatoms. The van der Waals surface area contributed by atoms with Gasteiger partial charge in [-0.2, -0.15) is 0 Å². The summed E-state index contributed by atoms with van der Waals surface area (Å²) in [4.78, 5) is 0. The molecule has 1 saturated carbocycles. The summed E-state index contributed by atoms with van der Waals surface area (Å²) in [6, 6.07) is 2.63. The average Bonchev–Trinajstić information content (AvgIpc) is 2.78. The molecule has 2 rings (SSSR count). The minimum absolute atomic E-state index is 0.402. The molecule has 0 aliphatic heterocycles. The molecule has 0 spiro atoms. The molecule has 3 nitrogen and oxygen atoms in total. The first kappa shape index (κ1) is 16.6.